The van der Waals surface area contributed by atoms with E-state index in [0.717, 1.165) is 24.2 Å². The predicted octanol–water partition coefficient (Wildman–Crippen LogP) is 1.58. The average molecular weight is 339 g/mol. The molecule has 0 aromatic heterocycles. The Hall–Kier alpha value is -1.18. The molecule has 0 saturated carbocycles. The minimum Gasteiger partial charge on any atom is -0.508 e. The Labute approximate surface area is 144 Å². The van der Waals surface area contributed by atoms with Crippen LogP contribution in [0.3, 0.4) is 0 Å². The van der Waals surface area contributed by atoms with Crippen LogP contribution in [0.1, 0.15) is 11.1 Å². The third kappa shape index (κ3) is 7.59. The van der Waals surface area contributed by atoms with Crippen molar-refractivity contribution in [2.45, 2.75) is 13.5 Å². The highest BCUT2D eigenvalue weighted by Crippen LogP contribution is 2.20. The van der Waals surface area contributed by atoms with E-state index in [4.69, 9.17) is 18.9 Å². The molecule has 1 fully saturated rings. The van der Waals surface area contributed by atoms with Crippen molar-refractivity contribution in [3.8, 4) is 5.75 Å². The van der Waals surface area contributed by atoms with E-state index in [9.17, 15) is 5.11 Å². The second-order valence-electron chi connectivity index (χ2n) is 5.86. The van der Waals surface area contributed by atoms with Crippen molar-refractivity contribution in [2.24, 2.45) is 0 Å². The molecule has 0 unspecified atom stereocenters. The first-order chi connectivity index (χ1) is 11.8. The van der Waals surface area contributed by atoms with Crippen LogP contribution in [0.5, 0.6) is 5.75 Å². The number of ether oxygens (including phenoxy) is 4. The molecule has 6 nitrogen and oxygen atoms in total. The van der Waals surface area contributed by atoms with Gasteiger partial charge in [-0.1, -0.05) is 17.7 Å². The molecule has 0 spiro atoms. The van der Waals surface area contributed by atoms with Crippen molar-refractivity contribution in [1.82, 2.24) is 4.90 Å². The summed E-state index contributed by atoms with van der Waals surface area (Å²) in [5.74, 6) is 0.333. The molecule has 2 rings (SSSR count). The standard InChI is InChI=1S/C18H29NO5/c1-16-2-3-18(20)17(14-16)15-19-4-6-21-8-10-23-12-13-24-11-9-22-7-5-19/h2-3,14,20H,4-13,15H2,1H3. The maximum atomic E-state index is 10.1. The van der Waals surface area contributed by atoms with Crippen LogP contribution >= 0.6 is 0 Å². The number of aromatic hydroxyl groups is 1. The van der Waals surface area contributed by atoms with Gasteiger partial charge in [-0.3, -0.25) is 4.90 Å². The lowest BCUT2D eigenvalue weighted by Gasteiger charge is -2.23. The molecule has 1 heterocycles. The first-order valence-corrected chi connectivity index (χ1v) is 8.57. The number of rotatable bonds is 2. The third-order valence-electron chi connectivity index (χ3n) is 3.85. The molecule has 1 aliphatic rings. The zero-order valence-corrected chi connectivity index (χ0v) is 14.5. The van der Waals surface area contributed by atoms with Gasteiger partial charge in [0.25, 0.3) is 0 Å². The summed E-state index contributed by atoms with van der Waals surface area (Å²) in [5, 5.41) is 10.1. The SMILES string of the molecule is Cc1ccc(O)c(CN2CCOCCOCCOCCOCC2)c1. The molecule has 0 radical (unpaired) electrons. The molecular formula is C18H29NO5. The van der Waals surface area contributed by atoms with Gasteiger partial charge in [-0.25, -0.2) is 0 Å². The number of hydrogen-bond donors (Lipinski definition) is 1. The van der Waals surface area contributed by atoms with Crippen molar-refractivity contribution in [1.29, 1.82) is 0 Å². The molecule has 0 bridgehead atoms. The van der Waals surface area contributed by atoms with E-state index < -0.39 is 0 Å². The number of benzene rings is 1. The van der Waals surface area contributed by atoms with Crippen molar-refractivity contribution in [2.75, 3.05) is 65.9 Å². The molecule has 0 atom stereocenters. The Morgan fingerprint density at radius 2 is 1.33 bits per heavy atom. The fourth-order valence-electron chi connectivity index (χ4n) is 2.50. The fourth-order valence-corrected chi connectivity index (χ4v) is 2.50. The van der Waals surface area contributed by atoms with Crippen molar-refractivity contribution >= 4 is 0 Å². The van der Waals surface area contributed by atoms with E-state index in [1.54, 1.807) is 6.07 Å². The first-order valence-electron chi connectivity index (χ1n) is 8.57. The van der Waals surface area contributed by atoms with Gasteiger partial charge >= 0.3 is 0 Å². The second kappa shape index (κ2) is 11.4. The first kappa shape index (κ1) is 19.1. The molecule has 6 heteroatoms. The van der Waals surface area contributed by atoms with Gasteiger partial charge in [0.05, 0.1) is 52.9 Å². The molecule has 1 aromatic rings. The van der Waals surface area contributed by atoms with Gasteiger partial charge in [-0.2, -0.15) is 0 Å². The van der Waals surface area contributed by atoms with E-state index in [1.165, 1.54) is 0 Å². The molecular weight excluding hydrogens is 310 g/mol. The quantitative estimate of drug-likeness (QED) is 0.883. The summed E-state index contributed by atoms with van der Waals surface area (Å²) in [6.07, 6.45) is 0. The molecule has 1 aromatic carbocycles. The molecule has 24 heavy (non-hydrogen) atoms. The number of phenolic OH excluding ortho intramolecular Hbond substituents is 1. The van der Waals surface area contributed by atoms with Crippen LogP contribution in [0, 0.1) is 6.92 Å². The minimum absolute atomic E-state index is 0.333. The highest BCUT2D eigenvalue weighted by Gasteiger charge is 2.10. The minimum atomic E-state index is 0.333. The number of phenols is 1. The zero-order valence-electron chi connectivity index (χ0n) is 14.5. The maximum Gasteiger partial charge on any atom is 0.120 e. The fraction of sp³-hybridized carbons (Fsp3) is 0.667. The molecule has 1 saturated heterocycles. The average Bonchev–Trinajstić information content (AvgIpc) is 2.58. The van der Waals surface area contributed by atoms with E-state index >= 15 is 0 Å². The number of aryl methyl sites for hydroxylation is 1. The Balaban J connectivity index is 1.87. The van der Waals surface area contributed by atoms with Crippen molar-refractivity contribution < 1.29 is 24.1 Å². The van der Waals surface area contributed by atoms with Crippen LogP contribution in [0.4, 0.5) is 0 Å². The van der Waals surface area contributed by atoms with Crippen LogP contribution in [-0.4, -0.2) is 76.0 Å². The largest absolute Gasteiger partial charge is 0.508 e. The monoisotopic (exact) mass is 339 g/mol. The van der Waals surface area contributed by atoms with E-state index in [2.05, 4.69) is 4.90 Å². The predicted molar refractivity (Wildman–Crippen MR) is 91.4 cm³/mol. The maximum absolute atomic E-state index is 10.1. The normalized spacial score (nSPS) is 20.2. The van der Waals surface area contributed by atoms with Crippen LogP contribution in [0.25, 0.3) is 0 Å². The highest BCUT2D eigenvalue weighted by atomic mass is 16.6. The summed E-state index contributed by atoms with van der Waals surface area (Å²) in [6.45, 7) is 9.04. The van der Waals surface area contributed by atoms with Gasteiger partial charge in [0.2, 0.25) is 0 Å². The van der Waals surface area contributed by atoms with Crippen LogP contribution in [0.15, 0.2) is 18.2 Å². The van der Waals surface area contributed by atoms with Crippen LogP contribution in [-0.2, 0) is 25.5 Å². The van der Waals surface area contributed by atoms with E-state index in [-0.39, 0.29) is 0 Å². The van der Waals surface area contributed by atoms with Crippen LogP contribution < -0.4 is 0 Å². The highest BCUT2D eigenvalue weighted by molar-refractivity contribution is 5.35. The number of hydrogen-bond acceptors (Lipinski definition) is 6. The van der Waals surface area contributed by atoms with Gasteiger partial charge in [-0.15, -0.1) is 0 Å². The molecule has 1 N–H and O–H groups in total. The Bertz CT molecular complexity index is 453. The Kier molecular flexibility index (Phi) is 9.09. The second-order valence-corrected chi connectivity index (χ2v) is 5.86. The van der Waals surface area contributed by atoms with Crippen molar-refractivity contribution in [3.05, 3.63) is 29.3 Å². The number of nitrogens with zero attached hydrogens (tertiary/aromatic N) is 1. The van der Waals surface area contributed by atoms with E-state index in [1.807, 2.05) is 19.1 Å². The summed E-state index contributed by atoms with van der Waals surface area (Å²) in [5.41, 5.74) is 2.07. The molecule has 0 amide bonds. The Morgan fingerprint density at radius 3 is 1.88 bits per heavy atom. The lowest BCUT2D eigenvalue weighted by molar-refractivity contribution is 0.00206. The van der Waals surface area contributed by atoms with E-state index in [0.29, 0.717) is 65.1 Å². The van der Waals surface area contributed by atoms with Crippen molar-refractivity contribution in [3.63, 3.8) is 0 Å². The van der Waals surface area contributed by atoms with Gasteiger partial charge in [-0.05, 0) is 13.0 Å². The lowest BCUT2D eigenvalue weighted by Crippen LogP contribution is -2.31. The van der Waals surface area contributed by atoms with Gasteiger partial charge in [0.15, 0.2) is 0 Å². The summed E-state index contributed by atoms with van der Waals surface area (Å²) >= 11 is 0. The topological polar surface area (TPSA) is 60.4 Å². The van der Waals surface area contributed by atoms with Gasteiger partial charge < -0.3 is 24.1 Å². The summed E-state index contributed by atoms with van der Waals surface area (Å²) < 4.78 is 22.1. The Morgan fingerprint density at radius 1 is 0.833 bits per heavy atom. The molecule has 136 valence electrons. The zero-order chi connectivity index (χ0) is 17.0. The van der Waals surface area contributed by atoms with Gasteiger partial charge in [0.1, 0.15) is 5.75 Å². The molecule has 0 aliphatic carbocycles. The summed E-state index contributed by atoms with van der Waals surface area (Å²) in [6, 6.07) is 5.69. The lowest BCUT2D eigenvalue weighted by atomic mass is 10.1. The summed E-state index contributed by atoms with van der Waals surface area (Å²) in [7, 11) is 0. The summed E-state index contributed by atoms with van der Waals surface area (Å²) in [4.78, 5) is 2.23. The smallest absolute Gasteiger partial charge is 0.120 e. The van der Waals surface area contributed by atoms with Crippen LogP contribution in [0.2, 0.25) is 0 Å². The molecule has 1 aliphatic heterocycles. The third-order valence-corrected chi connectivity index (χ3v) is 3.85. The van der Waals surface area contributed by atoms with Gasteiger partial charge in [0, 0.05) is 25.2 Å².